The van der Waals surface area contributed by atoms with E-state index in [1.54, 1.807) is 0 Å². The Balaban J connectivity index is 2.51. The number of nitrogens with zero attached hydrogens (tertiary/aromatic N) is 2. The number of hydrogen-bond donors (Lipinski definition) is 1. The fourth-order valence-corrected chi connectivity index (χ4v) is 1.89. The molecule has 0 radical (unpaired) electrons. The number of rotatable bonds is 2. The zero-order valence-electron chi connectivity index (χ0n) is 8.94. The fraction of sp³-hybridized carbons (Fsp3) is 0.167. The van der Waals surface area contributed by atoms with Crippen molar-refractivity contribution in [3.05, 3.63) is 46.2 Å². The normalized spacial score (nSPS) is 10.4. The molecule has 0 saturated carbocycles. The van der Waals surface area contributed by atoms with E-state index >= 15 is 0 Å². The Morgan fingerprint density at radius 1 is 1.25 bits per heavy atom. The summed E-state index contributed by atoms with van der Waals surface area (Å²) in [4.78, 5) is 8.81. The summed E-state index contributed by atoms with van der Waals surface area (Å²) in [7, 11) is 0. The lowest BCUT2D eigenvalue weighted by molar-refractivity contribution is 0.953. The molecule has 2 aromatic rings. The molecule has 16 heavy (non-hydrogen) atoms. The summed E-state index contributed by atoms with van der Waals surface area (Å²) in [6.45, 7) is 2.38. The van der Waals surface area contributed by atoms with Crippen LogP contribution in [0.5, 0.6) is 0 Å². The minimum Gasteiger partial charge on any atom is -0.325 e. The van der Waals surface area contributed by atoms with Crippen LogP contribution in [0.4, 0.5) is 0 Å². The molecule has 0 atom stereocenters. The molecule has 0 bridgehead atoms. The average molecular weight is 278 g/mol. The second-order valence-corrected chi connectivity index (χ2v) is 4.45. The van der Waals surface area contributed by atoms with Gasteiger partial charge in [0.1, 0.15) is 0 Å². The Kier molecular flexibility index (Phi) is 3.31. The lowest BCUT2D eigenvalue weighted by atomic mass is 10.2. The van der Waals surface area contributed by atoms with Gasteiger partial charge in [-0.05, 0) is 25.1 Å². The molecule has 0 fully saturated rings. The van der Waals surface area contributed by atoms with Gasteiger partial charge in [0.2, 0.25) is 0 Å². The van der Waals surface area contributed by atoms with E-state index in [1.807, 2.05) is 37.3 Å². The molecule has 1 heterocycles. The molecule has 2 rings (SSSR count). The van der Waals surface area contributed by atoms with Gasteiger partial charge in [0.05, 0.1) is 5.69 Å². The smallest absolute Gasteiger partial charge is 0.159 e. The molecule has 0 aliphatic carbocycles. The first-order valence-corrected chi connectivity index (χ1v) is 5.79. The van der Waals surface area contributed by atoms with Crippen LogP contribution in [0.2, 0.25) is 0 Å². The molecule has 0 aliphatic heterocycles. The minimum atomic E-state index is 0.435. The van der Waals surface area contributed by atoms with Crippen LogP contribution in [-0.4, -0.2) is 9.97 Å². The second-order valence-electron chi connectivity index (χ2n) is 3.54. The summed E-state index contributed by atoms with van der Waals surface area (Å²) >= 11 is 3.43. The van der Waals surface area contributed by atoms with Gasteiger partial charge in [0.15, 0.2) is 5.82 Å². The standard InChI is InChI=1S/C12H12BrN3/c1-8-5-11(7-14)16-12(15-8)9-3-2-4-10(13)6-9/h2-6H,7,14H2,1H3. The largest absolute Gasteiger partial charge is 0.325 e. The number of nitrogens with two attached hydrogens (primary N) is 1. The van der Waals surface area contributed by atoms with Gasteiger partial charge < -0.3 is 5.73 Å². The van der Waals surface area contributed by atoms with Gasteiger partial charge in [0, 0.05) is 22.3 Å². The van der Waals surface area contributed by atoms with Gasteiger partial charge in [-0.15, -0.1) is 0 Å². The second kappa shape index (κ2) is 4.72. The molecule has 1 aromatic carbocycles. The van der Waals surface area contributed by atoms with Crippen LogP contribution in [0, 0.1) is 6.92 Å². The molecular formula is C12H12BrN3. The van der Waals surface area contributed by atoms with Gasteiger partial charge in [-0.3, -0.25) is 0 Å². The van der Waals surface area contributed by atoms with Gasteiger partial charge in [-0.25, -0.2) is 9.97 Å². The van der Waals surface area contributed by atoms with Gasteiger partial charge >= 0.3 is 0 Å². The van der Waals surface area contributed by atoms with Crippen LogP contribution in [0.25, 0.3) is 11.4 Å². The van der Waals surface area contributed by atoms with Crippen molar-refractivity contribution in [1.29, 1.82) is 0 Å². The maximum Gasteiger partial charge on any atom is 0.159 e. The van der Waals surface area contributed by atoms with E-state index in [0.29, 0.717) is 6.54 Å². The highest BCUT2D eigenvalue weighted by Gasteiger charge is 2.04. The first kappa shape index (κ1) is 11.2. The molecular weight excluding hydrogens is 266 g/mol. The Labute approximate surface area is 103 Å². The van der Waals surface area contributed by atoms with Crippen molar-refractivity contribution in [2.75, 3.05) is 0 Å². The third kappa shape index (κ3) is 2.46. The highest BCUT2D eigenvalue weighted by atomic mass is 79.9. The van der Waals surface area contributed by atoms with Crippen LogP contribution < -0.4 is 5.73 Å². The molecule has 1 aromatic heterocycles. The van der Waals surface area contributed by atoms with Crippen LogP contribution in [-0.2, 0) is 6.54 Å². The molecule has 82 valence electrons. The molecule has 0 saturated heterocycles. The predicted octanol–water partition coefficient (Wildman–Crippen LogP) is 2.67. The predicted molar refractivity (Wildman–Crippen MR) is 67.8 cm³/mol. The van der Waals surface area contributed by atoms with Crippen LogP contribution >= 0.6 is 15.9 Å². The molecule has 0 unspecified atom stereocenters. The van der Waals surface area contributed by atoms with E-state index in [1.165, 1.54) is 0 Å². The maximum atomic E-state index is 5.60. The number of aromatic nitrogens is 2. The monoisotopic (exact) mass is 277 g/mol. The highest BCUT2D eigenvalue weighted by molar-refractivity contribution is 9.10. The van der Waals surface area contributed by atoms with Crippen molar-refractivity contribution in [2.45, 2.75) is 13.5 Å². The minimum absolute atomic E-state index is 0.435. The molecule has 0 amide bonds. The van der Waals surface area contributed by atoms with Crippen molar-refractivity contribution in [3.8, 4) is 11.4 Å². The Hall–Kier alpha value is -1.26. The van der Waals surface area contributed by atoms with Crippen molar-refractivity contribution in [1.82, 2.24) is 9.97 Å². The Morgan fingerprint density at radius 2 is 2.06 bits per heavy atom. The summed E-state index contributed by atoms with van der Waals surface area (Å²) in [5.74, 6) is 0.724. The summed E-state index contributed by atoms with van der Waals surface area (Å²) < 4.78 is 1.02. The zero-order valence-corrected chi connectivity index (χ0v) is 10.5. The maximum absolute atomic E-state index is 5.60. The first-order chi connectivity index (χ1) is 7.69. The molecule has 3 nitrogen and oxygen atoms in total. The fourth-order valence-electron chi connectivity index (χ4n) is 1.49. The number of hydrogen-bond acceptors (Lipinski definition) is 3. The van der Waals surface area contributed by atoms with E-state index in [0.717, 1.165) is 27.2 Å². The molecule has 4 heteroatoms. The molecule has 0 aliphatic rings. The number of aryl methyl sites for hydroxylation is 1. The SMILES string of the molecule is Cc1cc(CN)nc(-c2cccc(Br)c2)n1. The lowest BCUT2D eigenvalue weighted by Crippen LogP contribution is -2.03. The van der Waals surface area contributed by atoms with E-state index in [9.17, 15) is 0 Å². The lowest BCUT2D eigenvalue weighted by Gasteiger charge is -2.04. The third-order valence-electron chi connectivity index (χ3n) is 2.20. The van der Waals surface area contributed by atoms with E-state index in [-0.39, 0.29) is 0 Å². The van der Waals surface area contributed by atoms with E-state index < -0.39 is 0 Å². The van der Waals surface area contributed by atoms with Gasteiger partial charge in [0.25, 0.3) is 0 Å². The number of benzene rings is 1. The Morgan fingerprint density at radius 3 is 2.75 bits per heavy atom. The summed E-state index contributed by atoms with van der Waals surface area (Å²) in [5, 5.41) is 0. The van der Waals surface area contributed by atoms with Crippen molar-refractivity contribution in [3.63, 3.8) is 0 Å². The van der Waals surface area contributed by atoms with Crippen molar-refractivity contribution in [2.24, 2.45) is 5.73 Å². The van der Waals surface area contributed by atoms with Crippen molar-refractivity contribution >= 4 is 15.9 Å². The average Bonchev–Trinajstić information content (AvgIpc) is 2.28. The van der Waals surface area contributed by atoms with Crippen LogP contribution in [0.15, 0.2) is 34.8 Å². The summed E-state index contributed by atoms with van der Waals surface area (Å²) in [6.07, 6.45) is 0. The summed E-state index contributed by atoms with van der Waals surface area (Å²) in [6, 6.07) is 9.83. The quantitative estimate of drug-likeness (QED) is 0.918. The molecule has 2 N–H and O–H groups in total. The van der Waals surface area contributed by atoms with Crippen LogP contribution in [0.1, 0.15) is 11.4 Å². The molecule has 0 spiro atoms. The summed E-state index contributed by atoms with van der Waals surface area (Å²) in [5.41, 5.74) is 8.39. The highest BCUT2D eigenvalue weighted by Crippen LogP contribution is 2.20. The first-order valence-electron chi connectivity index (χ1n) is 4.99. The van der Waals surface area contributed by atoms with Crippen LogP contribution in [0.3, 0.4) is 0 Å². The van der Waals surface area contributed by atoms with Crippen molar-refractivity contribution < 1.29 is 0 Å². The Bertz CT molecular complexity index is 511. The van der Waals surface area contributed by atoms with Gasteiger partial charge in [-0.1, -0.05) is 28.1 Å². The van der Waals surface area contributed by atoms with E-state index in [4.69, 9.17) is 5.73 Å². The van der Waals surface area contributed by atoms with E-state index in [2.05, 4.69) is 25.9 Å². The topological polar surface area (TPSA) is 51.8 Å². The zero-order chi connectivity index (χ0) is 11.5. The third-order valence-corrected chi connectivity index (χ3v) is 2.69. The number of halogens is 1. The van der Waals surface area contributed by atoms with Gasteiger partial charge in [-0.2, -0.15) is 0 Å².